The molecule has 1 fully saturated rings. The van der Waals surface area contributed by atoms with Gasteiger partial charge in [0.1, 0.15) is 23.5 Å². The Balaban J connectivity index is 1.86. The molecule has 1 aliphatic rings. The highest BCUT2D eigenvalue weighted by Gasteiger charge is 2.47. The zero-order valence-corrected chi connectivity index (χ0v) is 13.2. The van der Waals surface area contributed by atoms with Gasteiger partial charge in [0, 0.05) is 0 Å². The highest BCUT2D eigenvalue weighted by atomic mass is 31.2. The number of aliphatic hydroxyl groups is 2. The molecule has 0 aliphatic carbocycles. The number of ether oxygens (including phenoxy) is 1. The van der Waals surface area contributed by atoms with Crippen molar-refractivity contribution in [2.24, 2.45) is 0 Å². The normalized spacial score (nSPS) is 28.2. The number of nitrogens with zero attached hydrogens (tertiary/aromatic N) is 4. The lowest BCUT2D eigenvalue weighted by molar-refractivity contribution is -0.0357. The first-order chi connectivity index (χ1) is 11.2. The zero-order valence-electron chi connectivity index (χ0n) is 12.3. The van der Waals surface area contributed by atoms with E-state index in [1.165, 1.54) is 17.2 Å². The number of aliphatic hydroxyl groups excluding tert-OH is 1. The molecule has 24 heavy (non-hydrogen) atoms. The van der Waals surface area contributed by atoms with Gasteiger partial charge in [-0.3, -0.25) is 9.13 Å². The first kappa shape index (κ1) is 17.0. The molecule has 0 aromatic carbocycles. The average Bonchev–Trinajstić information content (AvgIpc) is 3.02. The molecule has 0 unspecified atom stereocenters. The molecule has 3 rings (SSSR count). The van der Waals surface area contributed by atoms with E-state index in [2.05, 4.69) is 15.0 Å². The summed E-state index contributed by atoms with van der Waals surface area (Å²) in [5, 5.41) is 20.8. The van der Waals surface area contributed by atoms with Crippen molar-refractivity contribution in [2.75, 3.05) is 18.5 Å². The van der Waals surface area contributed by atoms with Crippen molar-refractivity contribution in [1.82, 2.24) is 19.5 Å². The predicted molar refractivity (Wildman–Crippen MR) is 81.7 cm³/mol. The Bertz CT molecular complexity index is 834. The third-order valence-electron chi connectivity index (χ3n) is 3.68. The fourth-order valence-electron chi connectivity index (χ4n) is 2.47. The summed E-state index contributed by atoms with van der Waals surface area (Å²) in [4.78, 5) is 29.6. The summed E-state index contributed by atoms with van der Waals surface area (Å²) in [6, 6.07) is 0. The summed E-state index contributed by atoms with van der Waals surface area (Å²) in [5.74, 6) is 0.169. The quantitative estimate of drug-likeness (QED) is 0.328. The monoisotopic (exact) mass is 357 g/mol. The average molecular weight is 357 g/mol. The molecule has 130 valence electrons. The molecular formula is C12H16N5O6P. The van der Waals surface area contributed by atoms with Crippen molar-refractivity contribution in [3.8, 4) is 0 Å². The van der Waals surface area contributed by atoms with Crippen LogP contribution < -0.4 is 5.73 Å². The Morgan fingerprint density at radius 2 is 2.21 bits per heavy atom. The fraction of sp³-hybridized carbons (Fsp3) is 0.417. The molecule has 0 saturated carbocycles. The zero-order chi connectivity index (χ0) is 17.5. The summed E-state index contributed by atoms with van der Waals surface area (Å²) < 4.78 is 17.7. The minimum Gasteiger partial charge on any atom is -0.385 e. The number of fused-ring (bicyclic) bond motifs is 1. The molecule has 11 nitrogen and oxygen atoms in total. The van der Waals surface area contributed by atoms with E-state index in [1.54, 1.807) is 0 Å². The SMILES string of the molecule is Nc1ncnc2c1ncn2[C@@H]1OC[C@](O)(/C=C/CP(=O)(O)O)[C@H]1O. The summed E-state index contributed by atoms with van der Waals surface area (Å²) in [6.45, 7) is -0.267. The van der Waals surface area contributed by atoms with Gasteiger partial charge >= 0.3 is 7.60 Å². The van der Waals surface area contributed by atoms with Crippen molar-refractivity contribution in [1.29, 1.82) is 0 Å². The number of anilines is 1. The molecule has 1 saturated heterocycles. The third kappa shape index (κ3) is 3.05. The fourth-order valence-corrected chi connectivity index (χ4v) is 2.85. The number of aromatic nitrogens is 4. The topological polar surface area (TPSA) is 177 Å². The van der Waals surface area contributed by atoms with Crippen molar-refractivity contribution in [2.45, 2.75) is 17.9 Å². The van der Waals surface area contributed by atoms with Crippen molar-refractivity contribution in [3.63, 3.8) is 0 Å². The number of hydrogen-bond acceptors (Lipinski definition) is 8. The van der Waals surface area contributed by atoms with Crippen LogP contribution in [0.15, 0.2) is 24.8 Å². The van der Waals surface area contributed by atoms with E-state index >= 15 is 0 Å². The molecule has 0 spiro atoms. The highest BCUT2D eigenvalue weighted by Crippen LogP contribution is 2.37. The second-order valence-corrected chi connectivity index (χ2v) is 7.16. The van der Waals surface area contributed by atoms with Gasteiger partial charge in [0.2, 0.25) is 0 Å². The van der Waals surface area contributed by atoms with Crippen LogP contribution in [0.2, 0.25) is 0 Å². The van der Waals surface area contributed by atoms with Crippen molar-refractivity contribution in [3.05, 3.63) is 24.8 Å². The lowest BCUT2D eigenvalue weighted by Crippen LogP contribution is -2.40. The maximum absolute atomic E-state index is 10.8. The van der Waals surface area contributed by atoms with E-state index in [9.17, 15) is 14.8 Å². The summed E-state index contributed by atoms with van der Waals surface area (Å²) >= 11 is 0. The first-order valence-corrected chi connectivity index (χ1v) is 8.68. The number of rotatable bonds is 4. The van der Waals surface area contributed by atoms with Crippen LogP contribution in [0.4, 0.5) is 5.82 Å². The Kier molecular flexibility index (Phi) is 4.16. The Morgan fingerprint density at radius 3 is 2.92 bits per heavy atom. The van der Waals surface area contributed by atoms with Crippen LogP contribution in [0.25, 0.3) is 11.2 Å². The molecule has 1 aliphatic heterocycles. The predicted octanol–water partition coefficient (Wildman–Crippen LogP) is -1.24. The van der Waals surface area contributed by atoms with E-state index in [1.807, 2.05) is 0 Å². The number of nitrogen functional groups attached to an aromatic ring is 1. The van der Waals surface area contributed by atoms with Crippen molar-refractivity contribution < 1.29 is 29.3 Å². The molecular weight excluding hydrogens is 341 g/mol. The van der Waals surface area contributed by atoms with Crippen LogP contribution in [-0.2, 0) is 9.30 Å². The van der Waals surface area contributed by atoms with Crippen LogP contribution in [0.3, 0.4) is 0 Å². The highest BCUT2D eigenvalue weighted by molar-refractivity contribution is 7.51. The number of nitrogens with two attached hydrogens (primary N) is 1. The van der Waals surface area contributed by atoms with Crippen LogP contribution in [0, 0.1) is 0 Å². The van der Waals surface area contributed by atoms with Crippen LogP contribution >= 0.6 is 7.60 Å². The van der Waals surface area contributed by atoms with Gasteiger partial charge in [-0.15, -0.1) is 0 Å². The molecule has 3 heterocycles. The van der Waals surface area contributed by atoms with Gasteiger partial charge in [-0.05, 0) is 0 Å². The number of imidazole rings is 1. The van der Waals surface area contributed by atoms with Gasteiger partial charge < -0.3 is 30.5 Å². The molecule has 2 aromatic heterocycles. The molecule has 2 aromatic rings. The molecule has 0 radical (unpaired) electrons. The largest absolute Gasteiger partial charge is 0.385 e. The summed E-state index contributed by atoms with van der Waals surface area (Å²) in [5.41, 5.74) is 4.56. The van der Waals surface area contributed by atoms with Crippen molar-refractivity contribution >= 4 is 24.6 Å². The summed E-state index contributed by atoms with van der Waals surface area (Å²) in [7, 11) is -4.24. The molecule has 6 N–H and O–H groups in total. The summed E-state index contributed by atoms with van der Waals surface area (Å²) in [6.07, 6.45) is 1.89. The van der Waals surface area contributed by atoms with Gasteiger partial charge in [0.05, 0.1) is 19.1 Å². The maximum Gasteiger partial charge on any atom is 0.329 e. The second kappa shape index (κ2) is 5.88. The number of hydrogen-bond donors (Lipinski definition) is 5. The molecule has 0 amide bonds. The van der Waals surface area contributed by atoms with Gasteiger partial charge in [-0.1, -0.05) is 12.2 Å². The molecule has 3 atom stereocenters. The van der Waals surface area contributed by atoms with E-state index < -0.39 is 31.7 Å². The Labute approximate surface area is 135 Å². The Hall–Kier alpha value is -1.88. The molecule has 12 heteroatoms. The minimum absolute atomic E-state index is 0.169. The first-order valence-electron chi connectivity index (χ1n) is 6.88. The maximum atomic E-state index is 10.8. The van der Waals surface area contributed by atoms with Gasteiger partial charge in [0.25, 0.3) is 0 Å². The third-order valence-corrected chi connectivity index (χ3v) is 4.37. The lowest BCUT2D eigenvalue weighted by Gasteiger charge is -2.23. The van der Waals surface area contributed by atoms with E-state index in [0.717, 1.165) is 12.2 Å². The second-order valence-electron chi connectivity index (χ2n) is 5.47. The molecule has 0 bridgehead atoms. The minimum atomic E-state index is -4.24. The smallest absolute Gasteiger partial charge is 0.329 e. The van der Waals surface area contributed by atoms with Gasteiger partial charge in [-0.2, -0.15) is 0 Å². The van der Waals surface area contributed by atoms with Gasteiger partial charge in [-0.25, -0.2) is 15.0 Å². The van der Waals surface area contributed by atoms with Gasteiger partial charge in [0.15, 0.2) is 17.7 Å². The van der Waals surface area contributed by atoms with E-state index in [0.29, 0.717) is 11.2 Å². The van der Waals surface area contributed by atoms with E-state index in [4.69, 9.17) is 20.3 Å². The van der Waals surface area contributed by atoms with Crippen LogP contribution in [0.1, 0.15) is 6.23 Å². The lowest BCUT2D eigenvalue weighted by atomic mass is 9.98. The Morgan fingerprint density at radius 1 is 1.46 bits per heavy atom. The number of allylic oxidation sites excluding steroid dienone is 1. The van der Waals surface area contributed by atoms with Crippen LogP contribution in [-0.4, -0.2) is 64.0 Å². The van der Waals surface area contributed by atoms with E-state index in [-0.39, 0.29) is 12.4 Å². The standard InChI is InChI=1S/C12H16N5O6P/c13-9-7-10(15-5-14-9)17(6-16-7)11-8(18)12(19,4-23-11)2-1-3-24(20,21)22/h1-2,5-6,8,11,18-19H,3-4H2,(H2,13,14,15)(H2,20,21,22)/b2-1+/t8-,11+,12+/m0/s1. The van der Waals surface area contributed by atoms with Crippen LogP contribution in [0.5, 0.6) is 0 Å².